The topological polar surface area (TPSA) is 39.3 Å². The Kier molecular flexibility index (Phi) is 6.78. The van der Waals surface area contributed by atoms with Gasteiger partial charge in [-0.15, -0.1) is 0 Å². The Balaban J connectivity index is 1.56. The SMILES string of the molecule is Cc1c(C2(N(C)C(=O)C=Cc3ccccc3)CCC(c3ccccc3)(N(C)C)CC2)[nH]c2ccccc12. The predicted octanol–water partition coefficient (Wildman–Crippen LogP) is 6.87. The number of nitrogens with one attached hydrogen (secondary N) is 1. The zero-order chi connectivity index (χ0) is 26.0. The summed E-state index contributed by atoms with van der Waals surface area (Å²) < 4.78 is 0. The molecule has 1 N–H and O–H groups in total. The summed E-state index contributed by atoms with van der Waals surface area (Å²) in [6, 6.07) is 29.3. The number of aromatic nitrogens is 1. The minimum absolute atomic E-state index is 0.0268. The van der Waals surface area contributed by atoms with E-state index in [0.717, 1.165) is 42.5 Å². The van der Waals surface area contributed by atoms with E-state index in [1.54, 1.807) is 6.08 Å². The van der Waals surface area contributed by atoms with Gasteiger partial charge < -0.3 is 9.88 Å². The molecule has 1 saturated carbocycles. The maximum Gasteiger partial charge on any atom is 0.247 e. The molecule has 0 spiro atoms. The predicted molar refractivity (Wildman–Crippen MR) is 153 cm³/mol. The van der Waals surface area contributed by atoms with Crippen molar-refractivity contribution in [2.24, 2.45) is 0 Å². The highest BCUT2D eigenvalue weighted by molar-refractivity contribution is 5.92. The molecule has 37 heavy (non-hydrogen) atoms. The number of rotatable bonds is 6. The van der Waals surface area contributed by atoms with Crippen LogP contribution in [0.3, 0.4) is 0 Å². The second kappa shape index (κ2) is 10.0. The summed E-state index contributed by atoms with van der Waals surface area (Å²) in [5, 5.41) is 1.23. The van der Waals surface area contributed by atoms with Crippen molar-refractivity contribution < 1.29 is 4.79 Å². The first-order chi connectivity index (χ1) is 17.9. The van der Waals surface area contributed by atoms with Crippen molar-refractivity contribution in [2.75, 3.05) is 21.1 Å². The fourth-order valence-electron chi connectivity index (χ4n) is 6.37. The van der Waals surface area contributed by atoms with Crippen molar-refractivity contribution in [2.45, 2.75) is 43.7 Å². The highest BCUT2D eigenvalue weighted by atomic mass is 16.2. The van der Waals surface area contributed by atoms with Crippen LogP contribution >= 0.6 is 0 Å². The van der Waals surface area contributed by atoms with Crippen molar-refractivity contribution in [3.63, 3.8) is 0 Å². The van der Waals surface area contributed by atoms with Crippen molar-refractivity contribution in [3.05, 3.63) is 113 Å². The van der Waals surface area contributed by atoms with Gasteiger partial charge in [0.25, 0.3) is 0 Å². The molecule has 1 amide bonds. The number of aryl methyl sites for hydroxylation is 1. The molecular formula is C33H37N3O. The van der Waals surface area contributed by atoms with Crippen LogP contribution in [0, 0.1) is 6.92 Å². The number of fused-ring (bicyclic) bond motifs is 1. The van der Waals surface area contributed by atoms with Crippen LogP contribution in [0.1, 0.15) is 48.1 Å². The van der Waals surface area contributed by atoms with E-state index in [1.165, 1.54) is 16.5 Å². The summed E-state index contributed by atoms with van der Waals surface area (Å²) in [7, 11) is 6.35. The molecule has 3 aromatic carbocycles. The Morgan fingerprint density at radius 3 is 1.97 bits per heavy atom. The summed E-state index contributed by atoms with van der Waals surface area (Å²) in [6.07, 6.45) is 7.30. The van der Waals surface area contributed by atoms with Gasteiger partial charge >= 0.3 is 0 Å². The number of carbonyl (C=O) groups excluding carboxylic acids is 1. The van der Waals surface area contributed by atoms with E-state index in [2.05, 4.69) is 85.5 Å². The average molecular weight is 492 g/mol. The molecule has 4 nitrogen and oxygen atoms in total. The van der Waals surface area contributed by atoms with Crippen LogP contribution in [0.25, 0.3) is 17.0 Å². The minimum atomic E-state index is -0.421. The first kappa shape index (κ1) is 25.0. The lowest BCUT2D eigenvalue weighted by Gasteiger charge is -2.53. The molecule has 1 aliphatic carbocycles. The highest BCUT2D eigenvalue weighted by Crippen LogP contribution is 2.51. The summed E-state index contributed by atoms with van der Waals surface area (Å²) in [5.74, 6) is 0.0268. The third-order valence-electron chi connectivity index (χ3n) is 8.69. The molecule has 5 rings (SSSR count). The number of likely N-dealkylation sites (N-methyl/N-ethyl adjacent to an activating group) is 1. The van der Waals surface area contributed by atoms with Gasteiger partial charge in [-0.25, -0.2) is 0 Å². The molecule has 0 radical (unpaired) electrons. The van der Waals surface area contributed by atoms with E-state index in [9.17, 15) is 4.79 Å². The molecule has 4 heteroatoms. The molecule has 0 saturated heterocycles. The standard InChI is InChI=1S/C33H37N3O/c1-25-28-17-11-12-18-29(28)34-31(25)33(36(4)30(37)20-19-26-13-7-5-8-14-26)23-21-32(22-24-33,35(2)3)27-15-9-6-10-16-27/h5-20,34H,21-24H2,1-4H3. The highest BCUT2D eigenvalue weighted by Gasteiger charge is 2.50. The fraction of sp³-hybridized carbons (Fsp3) is 0.303. The van der Waals surface area contributed by atoms with Gasteiger partial charge in [0, 0.05) is 35.3 Å². The Bertz CT molecular complexity index is 1390. The van der Waals surface area contributed by atoms with Crippen LogP contribution < -0.4 is 0 Å². The number of carbonyl (C=O) groups is 1. The van der Waals surface area contributed by atoms with E-state index in [1.807, 2.05) is 48.4 Å². The number of H-pyrrole nitrogens is 1. The van der Waals surface area contributed by atoms with Crippen LogP contribution in [0.5, 0.6) is 0 Å². The molecule has 190 valence electrons. The molecule has 0 unspecified atom stereocenters. The summed E-state index contributed by atoms with van der Waals surface area (Å²) >= 11 is 0. The number of nitrogens with zero attached hydrogens (tertiary/aromatic N) is 2. The van der Waals surface area contributed by atoms with Gasteiger partial charge in [0.1, 0.15) is 0 Å². The number of hydrogen-bond acceptors (Lipinski definition) is 2. The van der Waals surface area contributed by atoms with Crippen LogP contribution in [0.4, 0.5) is 0 Å². The quantitative estimate of drug-likeness (QED) is 0.299. The second-order valence-electron chi connectivity index (χ2n) is 10.6. The molecule has 0 bridgehead atoms. The lowest BCUT2D eigenvalue weighted by atomic mass is 9.66. The number of benzene rings is 3. The number of para-hydroxylation sites is 1. The molecule has 0 atom stereocenters. The number of aromatic amines is 1. The maximum absolute atomic E-state index is 13.7. The van der Waals surface area contributed by atoms with Crippen LogP contribution in [0.2, 0.25) is 0 Å². The molecule has 1 aromatic heterocycles. The monoisotopic (exact) mass is 491 g/mol. The van der Waals surface area contributed by atoms with Gasteiger partial charge in [-0.05, 0) is 75.5 Å². The molecule has 4 aromatic rings. The zero-order valence-electron chi connectivity index (χ0n) is 22.4. The first-order valence-electron chi connectivity index (χ1n) is 13.2. The van der Waals surface area contributed by atoms with E-state index >= 15 is 0 Å². The summed E-state index contributed by atoms with van der Waals surface area (Å²) in [5.41, 5.74) is 5.42. The van der Waals surface area contributed by atoms with Crippen LogP contribution in [0.15, 0.2) is 91.0 Å². The van der Waals surface area contributed by atoms with E-state index in [4.69, 9.17) is 0 Å². The molecule has 1 fully saturated rings. The molecule has 0 aliphatic heterocycles. The Labute approximate surface area is 220 Å². The third-order valence-corrected chi connectivity index (χ3v) is 8.69. The van der Waals surface area contributed by atoms with Crippen molar-refractivity contribution >= 4 is 22.9 Å². The number of hydrogen-bond donors (Lipinski definition) is 1. The molecular weight excluding hydrogens is 454 g/mol. The summed E-state index contributed by atoms with van der Waals surface area (Å²) in [4.78, 5) is 21.8. The van der Waals surface area contributed by atoms with E-state index in [-0.39, 0.29) is 11.4 Å². The van der Waals surface area contributed by atoms with Crippen molar-refractivity contribution in [3.8, 4) is 0 Å². The second-order valence-corrected chi connectivity index (χ2v) is 10.6. The minimum Gasteiger partial charge on any atom is -0.356 e. The van der Waals surface area contributed by atoms with Crippen LogP contribution in [-0.4, -0.2) is 41.8 Å². The van der Waals surface area contributed by atoms with Crippen LogP contribution in [-0.2, 0) is 15.9 Å². The largest absolute Gasteiger partial charge is 0.356 e. The van der Waals surface area contributed by atoms with Gasteiger partial charge in [0.15, 0.2) is 0 Å². The normalized spacial score (nSPS) is 22.1. The van der Waals surface area contributed by atoms with Gasteiger partial charge in [-0.3, -0.25) is 9.69 Å². The van der Waals surface area contributed by atoms with Gasteiger partial charge in [-0.2, -0.15) is 0 Å². The van der Waals surface area contributed by atoms with Gasteiger partial charge in [0.05, 0.1) is 5.54 Å². The Morgan fingerprint density at radius 1 is 0.784 bits per heavy atom. The fourth-order valence-corrected chi connectivity index (χ4v) is 6.37. The lowest BCUT2D eigenvalue weighted by Crippen LogP contribution is -2.55. The van der Waals surface area contributed by atoms with Gasteiger partial charge in [-0.1, -0.05) is 78.9 Å². The van der Waals surface area contributed by atoms with Gasteiger partial charge in [0.2, 0.25) is 5.91 Å². The lowest BCUT2D eigenvalue weighted by molar-refractivity contribution is -0.134. The van der Waals surface area contributed by atoms with E-state index < -0.39 is 5.54 Å². The Morgan fingerprint density at radius 2 is 1.35 bits per heavy atom. The number of amides is 1. The smallest absolute Gasteiger partial charge is 0.247 e. The summed E-state index contributed by atoms with van der Waals surface area (Å²) in [6.45, 7) is 2.19. The first-order valence-corrected chi connectivity index (χ1v) is 13.2. The zero-order valence-corrected chi connectivity index (χ0v) is 22.4. The average Bonchev–Trinajstić information content (AvgIpc) is 3.29. The third kappa shape index (κ3) is 4.40. The molecule has 1 heterocycles. The van der Waals surface area contributed by atoms with Crippen molar-refractivity contribution in [1.82, 2.24) is 14.8 Å². The molecule has 1 aliphatic rings. The Hall–Kier alpha value is -3.63. The van der Waals surface area contributed by atoms with Crippen molar-refractivity contribution in [1.29, 1.82) is 0 Å². The maximum atomic E-state index is 13.7. The van der Waals surface area contributed by atoms with E-state index in [0.29, 0.717) is 0 Å².